The van der Waals surface area contributed by atoms with Gasteiger partial charge in [-0.2, -0.15) is 0 Å². The molecule has 4 N–H and O–H groups in total. The van der Waals surface area contributed by atoms with Gasteiger partial charge in [0.05, 0.1) is 11.4 Å². The topological polar surface area (TPSA) is 71.4 Å². The third-order valence-electron chi connectivity index (χ3n) is 2.97. The fraction of sp³-hybridized carbons (Fsp3) is 0.286. The summed E-state index contributed by atoms with van der Waals surface area (Å²) in [5.41, 5.74) is 8.21. The van der Waals surface area contributed by atoms with E-state index in [-0.39, 0.29) is 17.2 Å². The van der Waals surface area contributed by atoms with Gasteiger partial charge in [-0.05, 0) is 23.1 Å². The summed E-state index contributed by atoms with van der Waals surface area (Å²) in [6.07, 6.45) is 0. The first-order valence-corrected chi connectivity index (χ1v) is 5.81. The van der Waals surface area contributed by atoms with Gasteiger partial charge in [0.15, 0.2) is 11.8 Å². The Morgan fingerprint density at radius 3 is 2.00 bits per heavy atom. The number of hydrogen-bond donors (Lipinski definition) is 3. The molecular weight excluding hydrogens is 228 g/mol. The summed E-state index contributed by atoms with van der Waals surface area (Å²) in [5.74, 6) is -0.0783. The van der Waals surface area contributed by atoms with Gasteiger partial charge in [-0.3, -0.25) is 0 Å². The second-order valence-electron chi connectivity index (χ2n) is 5.41. The van der Waals surface area contributed by atoms with E-state index in [2.05, 4.69) is 20.8 Å². The number of rotatable bonds is 1. The first-order valence-electron chi connectivity index (χ1n) is 5.81. The smallest absolute Gasteiger partial charge is 0.198 e. The Hall–Kier alpha value is -2.10. The van der Waals surface area contributed by atoms with Crippen LogP contribution in [-0.4, -0.2) is 14.8 Å². The predicted octanol–water partition coefficient (Wildman–Crippen LogP) is 2.77. The summed E-state index contributed by atoms with van der Waals surface area (Å²) in [5, 5.41) is 19.4. The van der Waals surface area contributed by atoms with Crippen LogP contribution in [0, 0.1) is 0 Å². The molecule has 0 radical (unpaired) electrons. The Labute approximate surface area is 106 Å². The molecule has 0 unspecified atom stereocenters. The molecule has 0 aliphatic heterocycles. The molecule has 2 aromatic rings. The normalized spacial score (nSPS) is 11.7. The Balaban J connectivity index is 2.55. The van der Waals surface area contributed by atoms with E-state index in [1.54, 1.807) is 6.07 Å². The zero-order valence-corrected chi connectivity index (χ0v) is 10.8. The highest BCUT2D eigenvalue weighted by Crippen LogP contribution is 2.32. The lowest BCUT2D eigenvalue weighted by atomic mass is 9.86. The van der Waals surface area contributed by atoms with E-state index in [4.69, 9.17) is 5.73 Å². The van der Waals surface area contributed by atoms with E-state index in [0.717, 1.165) is 5.56 Å². The van der Waals surface area contributed by atoms with E-state index in [9.17, 15) is 10.2 Å². The number of hydrogen-bond acceptors (Lipinski definition) is 3. The third kappa shape index (κ3) is 2.01. The van der Waals surface area contributed by atoms with Gasteiger partial charge in [0.1, 0.15) is 0 Å². The second kappa shape index (κ2) is 3.98. The summed E-state index contributed by atoms with van der Waals surface area (Å²) in [6, 6.07) is 8.47. The van der Waals surface area contributed by atoms with Gasteiger partial charge in [-0.15, -0.1) is 0 Å². The van der Waals surface area contributed by atoms with Crippen LogP contribution in [0.4, 0.5) is 5.69 Å². The van der Waals surface area contributed by atoms with Crippen molar-refractivity contribution in [3.63, 3.8) is 0 Å². The van der Waals surface area contributed by atoms with Crippen LogP contribution in [0.3, 0.4) is 0 Å². The van der Waals surface area contributed by atoms with E-state index >= 15 is 0 Å². The standard InChI is InChI=1S/C14H18N2O2/c1-14(2,3)9-4-5-11(10(15)8-9)16-12(17)6-7-13(16)18/h4-8,17-18H,15H2,1-3H3. The van der Waals surface area contributed by atoms with Crippen LogP contribution in [0.25, 0.3) is 5.69 Å². The zero-order chi connectivity index (χ0) is 13.5. The van der Waals surface area contributed by atoms with Crippen molar-refractivity contribution in [1.29, 1.82) is 0 Å². The molecule has 1 heterocycles. The van der Waals surface area contributed by atoms with Crippen molar-refractivity contribution < 1.29 is 10.2 Å². The lowest BCUT2D eigenvalue weighted by Gasteiger charge is -2.20. The third-order valence-corrected chi connectivity index (χ3v) is 2.97. The van der Waals surface area contributed by atoms with Crippen molar-refractivity contribution in [3.8, 4) is 17.4 Å². The molecular formula is C14H18N2O2. The van der Waals surface area contributed by atoms with E-state index < -0.39 is 0 Å². The Morgan fingerprint density at radius 1 is 1.00 bits per heavy atom. The van der Waals surface area contributed by atoms with Crippen LogP contribution >= 0.6 is 0 Å². The van der Waals surface area contributed by atoms with Crippen LogP contribution in [0.15, 0.2) is 30.3 Å². The number of anilines is 1. The minimum atomic E-state index is -0.0392. The highest BCUT2D eigenvalue weighted by molar-refractivity contribution is 5.62. The van der Waals surface area contributed by atoms with E-state index in [1.165, 1.54) is 16.7 Å². The first-order chi connectivity index (χ1) is 8.30. The molecule has 1 aromatic carbocycles. The maximum atomic E-state index is 9.69. The maximum Gasteiger partial charge on any atom is 0.198 e. The van der Waals surface area contributed by atoms with Gasteiger partial charge < -0.3 is 15.9 Å². The molecule has 0 aliphatic rings. The average Bonchev–Trinajstić information content (AvgIpc) is 2.58. The van der Waals surface area contributed by atoms with E-state index in [1.807, 2.05) is 12.1 Å². The minimum absolute atomic E-state index is 0.00737. The van der Waals surface area contributed by atoms with Crippen molar-refractivity contribution in [2.24, 2.45) is 0 Å². The predicted molar refractivity (Wildman–Crippen MR) is 72.2 cm³/mol. The number of nitrogens with zero attached hydrogens (tertiary/aromatic N) is 1. The van der Waals surface area contributed by atoms with Crippen molar-refractivity contribution in [3.05, 3.63) is 35.9 Å². The fourth-order valence-corrected chi connectivity index (χ4v) is 1.89. The van der Waals surface area contributed by atoms with Crippen molar-refractivity contribution in [2.45, 2.75) is 26.2 Å². The quantitative estimate of drug-likeness (QED) is 0.677. The summed E-state index contributed by atoms with van der Waals surface area (Å²) in [4.78, 5) is 0. The van der Waals surface area contributed by atoms with Gasteiger partial charge >= 0.3 is 0 Å². The molecule has 96 valence electrons. The maximum absolute atomic E-state index is 9.69. The second-order valence-corrected chi connectivity index (χ2v) is 5.41. The summed E-state index contributed by atoms with van der Waals surface area (Å²) in [7, 11) is 0. The molecule has 0 fully saturated rings. The monoisotopic (exact) mass is 246 g/mol. The number of aromatic hydroxyl groups is 2. The Kier molecular flexibility index (Phi) is 2.73. The van der Waals surface area contributed by atoms with Gasteiger partial charge in [-0.25, -0.2) is 4.57 Å². The van der Waals surface area contributed by atoms with Crippen molar-refractivity contribution in [2.75, 3.05) is 5.73 Å². The number of benzene rings is 1. The molecule has 1 aromatic heterocycles. The minimum Gasteiger partial charge on any atom is -0.494 e. The molecule has 4 nitrogen and oxygen atoms in total. The molecule has 0 spiro atoms. The molecule has 0 aliphatic carbocycles. The lowest BCUT2D eigenvalue weighted by molar-refractivity contribution is 0.403. The number of aromatic nitrogens is 1. The summed E-state index contributed by atoms with van der Waals surface area (Å²) >= 11 is 0. The van der Waals surface area contributed by atoms with Crippen molar-refractivity contribution >= 4 is 5.69 Å². The van der Waals surface area contributed by atoms with Crippen LogP contribution in [0.5, 0.6) is 11.8 Å². The molecule has 0 saturated carbocycles. The van der Waals surface area contributed by atoms with Crippen molar-refractivity contribution in [1.82, 2.24) is 4.57 Å². The fourth-order valence-electron chi connectivity index (χ4n) is 1.89. The molecule has 0 saturated heterocycles. The van der Waals surface area contributed by atoms with Crippen LogP contribution in [-0.2, 0) is 5.41 Å². The number of nitrogens with two attached hydrogens (primary N) is 1. The van der Waals surface area contributed by atoms with Gasteiger partial charge in [-0.1, -0.05) is 26.8 Å². The summed E-state index contributed by atoms with van der Waals surface area (Å²) < 4.78 is 1.31. The largest absolute Gasteiger partial charge is 0.494 e. The van der Waals surface area contributed by atoms with E-state index in [0.29, 0.717) is 11.4 Å². The summed E-state index contributed by atoms with van der Waals surface area (Å²) in [6.45, 7) is 6.31. The SMILES string of the molecule is CC(C)(C)c1ccc(-n2c(O)ccc2O)c(N)c1. The molecule has 4 heteroatoms. The van der Waals surface area contributed by atoms with Gasteiger partial charge in [0.2, 0.25) is 0 Å². The molecule has 0 bridgehead atoms. The average molecular weight is 246 g/mol. The Morgan fingerprint density at radius 2 is 1.56 bits per heavy atom. The van der Waals surface area contributed by atoms with Crippen LogP contribution < -0.4 is 5.73 Å². The molecule has 18 heavy (non-hydrogen) atoms. The molecule has 0 amide bonds. The zero-order valence-electron chi connectivity index (χ0n) is 10.8. The van der Waals surface area contributed by atoms with Gasteiger partial charge in [0, 0.05) is 12.1 Å². The lowest BCUT2D eigenvalue weighted by Crippen LogP contribution is -2.12. The molecule has 2 rings (SSSR count). The van der Waals surface area contributed by atoms with Crippen LogP contribution in [0.1, 0.15) is 26.3 Å². The van der Waals surface area contributed by atoms with Crippen LogP contribution in [0.2, 0.25) is 0 Å². The number of nitrogen functional groups attached to an aromatic ring is 1. The highest BCUT2D eigenvalue weighted by atomic mass is 16.3. The van der Waals surface area contributed by atoms with Gasteiger partial charge in [0.25, 0.3) is 0 Å². The first kappa shape index (κ1) is 12.4. The Bertz CT molecular complexity index is 560. The highest BCUT2D eigenvalue weighted by Gasteiger charge is 2.17. The molecule has 0 atom stereocenters.